The number of hydrogen-bond acceptors (Lipinski definition) is 2. The Kier molecular flexibility index (Phi) is 3.92. The van der Waals surface area contributed by atoms with Gasteiger partial charge < -0.3 is 4.90 Å². The second kappa shape index (κ2) is 4.75. The van der Waals surface area contributed by atoms with Gasteiger partial charge in [0.1, 0.15) is 0 Å². The molecule has 1 aliphatic heterocycles. The molecule has 70 valence electrons. The van der Waals surface area contributed by atoms with E-state index >= 15 is 0 Å². The van der Waals surface area contributed by atoms with Crippen LogP contribution in [-0.4, -0.2) is 29.6 Å². The molecule has 1 unspecified atom stereocenters. The fraction of sp³-hybridized carbons (Fsp3) is 0.889. The van der Waals surface area contributed by atoms with Crippen molar-refractivity contribution in [2.45, 2.75) is 26.2 Å². The Bertz CT molecular complexity index is 161. The van der Waals surface area contributed by atoms with Gasteiger partial charge in [-0.2, -0.15) is 12.6 Å². The lowest BCUT2D eigenvalue weighted by molar-refractivity contribution is -0.127. The van der Waals surface area contributed by atoms with Crippen molar-refractivity contribution in [2.24, 2.45) is 5.92 Å². The van der Waals surface area contributed by atoms with E-state index in [1.165, 1.54) is 0 Å². The molecule has 1 heterocycles. The summed E-state index contributed by atoms with van der Waals surface area (Å²) in [6.07, 6.45) is 2.96. The number of likely N-dealkylation sites (tertiary alicyclic amines) is 1. The number of amides is 1. The van der Waals surface area contributed by atoms with Gasteiger partial charge in [0.05, 0.1) is 0 Å². The standard InChI is InChI=1S/C9H17NOS/c1-8-6-9(11)10(7-8)4-2-3-5-12/h8,12H,2-7H2,1H3. The van der Waals surface area contributed by atoms with Gasteiger partial charge in [0.15, 0.2) is 0 Å². The van der Waals surface area contributed by atoms with Crippen LogP contribution in [0.15, 0.2) is 0 Å². The maximum absolute atomic E-state index is 11.3. The third kappa shape index (κ3) is 2.70. The Labute approximate surface area is 79.7 Å². The van der Waals surface area contributed by atoms with Crippen molar-refractivity contribution in [2.75, 3.05) is 18.8 Å². The molecule has 1 aliphatic rings. The zero-order valence-electron chi connectivity index (χ0n) is 7.62. The Balaban J connectivity index is 2.19. The van der Waals surface area contributed by atoms with Crippen molar-refractivity contribution in [1.29, 1.82) is 0 Å². The van der Waals surface area contributed by atoms with Gasteiger partial charge in [0.25, 0.3) is 0 Å². The normalized spacial score (nSPS) is 23.7. The van der Waals surface area contributed by atoms with Crippen molar-refractivity contribution >= 4 is 18.5 Å². The first-order valence-electron chi connectivity index (χ1n) is 4.62. The molecule has 0 spiro atoms. The van der Waals surface area contributed by atoms with E-state index in [1.807, 2.05) is 4.90 Å². The summed E-state index contributed by atoms with van der Waals surface area (Å²) in [5.74, 6) is 1.83. The molecule has 1 fully saturated rings. The minimum Gasteiger partial charge on any atom is -0.342 e. The average molecular weight is 187 g/mol. The van der Waals surface area contributed by atoms with Gasteiger partial charge in [-0.05, 0) is 24.5 Å². The molecule has 0 aliphatic carbocycles. The van der Waals surface area contributed by atoms with E-state index in [9.17, 15) is 4.79 Å². The van der Waals surface area contributed by atoms with E-state index in [4.69, 9.17) is 0 Å². The second-order valence-corrected chi connectivity index (χ2v) is 4.03. The highest BCUT2D eigenvalue weighted by atomic mass is 32.1. The number of thiol groups is 1. The summed E-state index contributed by atoms with van der Waals surface area (Å²) in [5.41, 5.74) is 0. The minimum absolute atomic E-state index is 0.335. The molecule has 0 bridgehead atoms. The van der Waals surface area contributed by atoms with Crippen LogP contribution in [0.5, 0.6) is 0 Å². The molecule has 0 aromatic heterocycles. The van der Waals surface area contributed by atoms with Crippen LogP contribution in [0, 0.1) is 5.92 Å². The fourth-order valence-corrected chi connectivity index (χ4v) is 1.82. The van der Waals surface area contributed by atoms with Crippen molar-refractivity contribution in [3.63, 3.8) is 0 Å². The van der Waals surface area contributed by atoms with E-state index in [0.717, 1.165) is 38.1 Å². The first-order valence-corrected chi connectivity index (χ1v) is 5.26. The molecule has 1 amide bonds. The number of hydrogen-bond donors (Lipinski definition) is 1. The van der Waals surface area contributed by atoms with Crippen molar-refractivity contribution in [3.05, 3.63) is 0 Å². The molecule has 0 aromatic carbocycles. The van der Waals surface area contributed by atoms with Gasteiger partial charge in [-0.25, -0.2) is 0 Å². The molecule has 12 heavy (non-hydrogen) atoms. The van der Waals surface area contributed by atoms with Gasteiger partial charge in [0.2, 0.25) is 5.91 Å². The monoisotopic (exact) mass is 187 g/mol. The maximum atomic E-state index is 11.3. The smallest absolute Gasteiger partial charge is 0.222 e. The summed E-state index contributed by atoms with van der Waals surface area (Å²) in [7, 11) is 0. The van der Waals surface area contributed by atoms with Crippen LogP contribution in [0.3, 0.4) is 0 Å². The number of carbonyl (C=O) groups is 1. The predicted octanol–water partition coefficient (Wildman–Crippen LogP) is 1.56. The first-order chi connectivity index (χ1) is 5.74. The van der Waals surface area contributed by atoms with Crippen molar-refractivity contribution in [1.82, 2.24) is 4.90 Å². The van der Waals surface area contributed by atoms with E-state index in [-0.39, 0.29) is 0 Å². The van der Waals surface area contributed by atoms with Gasteiger partial charge in [-0.1, -0.05) is 6.92 Å². The van der Waals surface area contributed by atoms with Crippen LogP contribution in [0.25, 0.3) is 0 Å². The molecule has 0 saturated carbocycles. The summed E-state index contributed by atoms with van der Waals surface area (Å²) >= 11 is 4.13. The van der Waals surface area contributed by atoms with Crippen LogP contribution >= 0.6 is 12.6 Å². The lowest BCUT2D eigenvalue weighted by Gasteiger charge is -2.15. The lowest BCUT2D eigenvalue weighted by Crippen LogP contribution is -2.26. The third-order valence-corrected chi connectivity index (χ3v) is 2.56. The van der Waals surface area contributed by atoms with Crippen LogP contribution in [-0.2, 0) is 4.79 Å². The molecule has 1 rings (SSSR count). The Morgan fingerprint density at radius 1 is 1.58 bits per heavy atom. The molecular weight excluding hydrogens is 170 g/mol. The SMILES string of the molecule is CC1CC(=O)N(CCCCS)C1. The molecule has 3 heteroatoms. The molecule has 1 atom stereocenters. The summed E-state index contributed by atoms with van der Waals surface area (Å²) in [6.45, 7) is 4.03. The highest BCUT2D eigenvalue weighted by Gasteiger charge is 2.25. The summed E-state index contributed by atoms with van der Waals surface area (Å²) in [5, 5.41) is 0. The maximum Gasteiger partial charge on any atom is 0.222 e. The average Bonchev–Trinajstić information content (AvgIpc) is 2.31. The predicted molar refractivity (Wildman–Crippen MR) is 53.4 cm³/mol. The van der Waals surface area contributed by atoms with E-state index < -0.39 is 0 Å². The van der Waals surface area contributed by atoms with Gasteiger partial charge in [-0.15, -0.1) is 0 Å². The molecule has 0 aromatic rings. The van der Waals surface area contributed by atoms with Gasteiger partial charge in [-0.3, -0.25) is 4.79 Å². The zero-order chi connectivity index (χ0) is 8.97. The van der Waals surface area contributed by atoms with Crippen LogP contribution in [0.1, 0.15) is 26.2 Å². The number of unbranched alkanes of at least 4 members (excludes halogenated alkanes) is 1. The van der Waals surface area contributed by atoms with Crippen LogP contribution in [0.2, 0.25) is 0 Å². The highest BCUT2D eigenvalue weighted by Crippen LogP contribution is 2.16. The lowest BCUT2D eigenvalue weighted by atomic mass is 10.2. The van der Waals surface area contributed by atoms with Crippen LogP contribution in [0.4, 0.5) is 0 Å². The third-order valence-electron chi connectivity index (χ3n) is 2.24. The zero-order valence-corrected chi connectivity index (χ0v) is 8.52. The number of carbonyl (C=O) groups excluding carboxylic acids is 1. The quantitative estimate of drug-likeness (QED) is 0.523. The van der Waals surface area contributed by atoms with E-state index in [2.05, 4.69) is 19.6 Å². The van der Waals surface area contributed by atoms with Gasteiger partial charge in [0, 0.05) is 19.5 Å². The molecule has 1 saturated heterocycles. The minimum atomic E-state index is 0.335. The number of nitrogens with zero attached hydrogens (tertiary/aromatic N) is 1. The van der Waals surface area contributed by atoms with E-state index in [1.54, 1.807) is 0 Å². The Hall–Kier alpha value is -0.180. The first kappa shape index (κ1) is 9.90. The molecule has 0 radical (unpaired) electrons. The Morgan fingerprint density at radius 2 is 2.33 bits per heavy atom. The summed E-state index contributed by atoms with van der Waals surface area (Å²) in [6, 6.07) is 0. The Morgan fingerprint density at radius 3 is 2.83 bits per heavy atom. The molecule has 2 nitrogen and oxygen atoms in total. The van der Waals surface area contributed by atoms with Crippen molar-refractivity contribution in [3.8, 4) is 0 Å². The van der Waals surface area contributed by atoms with Crippen molar-refractivity contribution < 1.29 is 4.79 Å². The van der Waals surface area contributed by atoms with E-state index in [0.29, 0.717) is 11.8 Å². The highest BCUT2D eigenvalue weighted by molar-refractivity contribution is 7.80. The largest absolute Gasteiger partial charge is 0.342 e. The summed E-state index contributed by atoms with van der Waals surface area (Å²) < 4.78 is 0. The second-order valence-electron chi connectivity index (χ2n) is 3.58. The summed E-state index contributed by atoms with van der Waals surface area (Å²) in [4.78, 5) is 13.3. The molecule has 0 N–H and O–H groups in total. The van der Waals surface area contributed by atoms with Crippen LogP contribution < -0.4 is 0 Å². The number of rotatable bonds is 4. The van der Waals surface area contributed by atoms with Gasteiger partial charge >= 0.3 is 0 Å². The topological polar surface area (TPSA) is 20.3 Å². The fourth-order valence-electron chi connectivity index (χ4n) is 1.60. The molecular formula is C9H17NOS.